The molecule has 0 radical (unpaired) electrons. The lowest BCUT2D eigenvalue weighted by molar-refractivity contribution is 0.101. The second-order valence-electron chi connectivity index (χ2n) is 6.57. The van der Waals surface area contributed by atoms with Gasteiger partial charge in [0, 0.05) is 23.5 Å². The van der Waals surface area contributed by atoms with E-state index < -0.39 is 5.91 Å². The second kappa shape index (κ2) is 9.64. The van der Waals surface area contributed by atoms with Crippen molar-refractivity contribution in [2.24, 2.45) is 5.73 Å². The van der Waals surface area contributed by atoms with Crippen molar-refractivity contribution in [3.8, 4) is 17.2 Å². The Balaban J connectivity index is 1.83. The van der Waals surface area contributed by atoms with Crippen molar-refractivity contribution in [1.29, 1.82) is 0 Å². The molecule has 0 fully saturated rings. The average Bonchev–Trinajstić information content (AvgIpc) is 2.79. The van der Waals surface area contributed by atoms with Crippen LogP contribution in [0.1, 0.15) is 26.3 Å². The van der Waals surface area contributed by atoms with Crippen molar-refractivity contribution >= 4 is 23.2 Å². The molecule has 0 aliphatic rings. The molecule has 0 unspecified atom stereocenters. The highest BCUT2D eigenvalue weighted by molar-refractivity contribution is 6.07. The van der Waals surface area contributed by atoms with Crippen LogP contribution in [0.25, 0.3) is 0 Å². The molecule has 8 nitrogen and oxygen atoms in total. The molecule has 0 spiro atoms. The van der Waals surface area contributed by atoms with E-state index in [9.17, 15) is 14.7 Å². The molecule has 0 bridgehead atoms. The monoisotopic (exact) mass is 421 g/mol. The standard InChI is InChI=1S/C23H23N3O5/c1-30-20-10-8-14(11-21(20)31-2)22(28)26-18-12-16(9-7-15(18)13-24)25-23(29)17-5-3-4-6-19(17)27/h3-12,27H,13,24H2,1-2H3,(H,25,29)(H,26,28). The van der Waals surface area contributed by atoms with Crippen molar-refractivity contribution < 1.29 is 24.2 Å². The molecule has 160 valence electrons. The van der Waals surface area contributed by atoms with Crippen molar-refractivity contribution in [1.82, 2.24) is 0 Å². The highest BCUT2D eigenvalue weighted by Gasteiger charge is 2.15. The third-order valence-corrected chi connectivity index (χ3v) is 4.63. The first kappa shape index (κ1) is 21.7. The average molecular weight is 421 g/mol. The highest BCUT2D eigenvalue weighted by Crippen LogP contribution is 2.29. The Morgan fingerprint density at radius 1 is 0.903 bits per heavy atom. The number of carbonyl (C=O) groups excluding carboxylic acids is 2. The molecule has 5 N–H and O–H groups in total. The maximum atomic E-state index is 12.8. The molecule has 8 heteroatoms. The summed E-state index contributed by atoms with van der Waals surface area (Å²) >= 11 is 0. The van der Waals surface area contributed by atoms with E-state index in [1.165, 1.54) is 26.4 Å². The van der Waals surface area contributed by atoms with Crippen LogP contribution in [0.4, 0.5) is 11.4 Å². The van der Waals surface area contributed by atoms with Gasteiger partial charge in [-0.05, 0) is 48.0 Å². The first-order valence-corrected chi connectivity index (χ1v) is 9.42. The SMILES string of the molecule is COc1ccc(C(=O)Nc2cc(NC(=O)c3ccccc3O)ccc2CN)cc1OC. The van der Waals surface area contributed by atoms with Gasteiger partial charge in [0.05, 0.1) is 19.8 Å². The Morgan fingerprint density at radius 3 is 2.32 bits per heavy atom. The predicted molar refractivity (Wildman–Crippen MR) is 118 cm³/mol. The van der Waals surface area contributed by atoms with Gasteiger partial charge in [-0.3, -0.25) is 9.59 Å². The molecule has 3 aromatic rings. The summed E-state index contributed by atoms with van der Waals surface area (Å²) in [4.78, 5) is 25.2. The molecule has 3 rings (SSSR count). The molecule has 0 saturated heterocycles. The fraction of sp³-hybridized carbons (Fsp3) is 0.130. The maximum absolute atomic E-state index is 12.8. The number of para-hydroxylation sites is 1. The minimum Gasteiger partial charge on any atom is -0.507 e. The summed E-state index contributed by atoms with van der Waals surface area (Å²) in [5.74, 6) is -0.0374. The van der Waals surface area contributed by atoms with E-state index in [-0.39, 0.29) is 23.8 Å². The number of aromatic hydroxyl groups is 1. The largest absolute Gasteiger partial charge is 0.507 e. The van der Waals surface area contributed by atoms with Gasteiger partial charge in [-0.2, -0.15) is 0 Å². The lowest BCUT2D eigenvalue weighted by atomic mass is 10.1. The van der Waals surface area contributed by atoms with E-state index in [1.807, 2.05) is 0 Å². The molecule has 3 aromatic carbocycles. The summed E-state index contributed by atoms with van der Waals surface area (Å²) in [6.45, 7) is 0.190. The van der Waals surface area contributed by atoms with Gasteiger partial charge in [-0.15, -0.1) is 0 Å². The number of amides is 2. The van der Waals surface area contributed by atoms with Crippen LogP contribution in [0.2, 0.25) is 0 Å². The molecule has 0 aliphatic carbocycles. The molecular formula is C23H23N3O5. The lowest BCUT2D eigenvalue weighted by Gasteiger charge is -2.14. The van der Waals surface area contributed by atoms with Crippen LogP contribution in [0.3, 0.4) is 0 Å². The van der Waals surface area contributed by atoms with Crippen molar-refractivity contribution in [3.63, 3.8) is 0 Å². The Hall–Kier alpha value is -4.04. The number of ether oxygens (including phenoxy) is 2. The van der Waals surface area contributed by atoms with Crippen LogP contribution < -0.4 is 25.8 Å². The lowest BCUT2D eigenvalue weighted by Crippen LogP contribution is -2.16. The number of phenolic OH excluding ortho intramolecular Hbond substituents is 1. The van der Waals surface area contributed by atoms with Crippen molar-refractivity contribution in [2.45, 2.75) is 6.54 Å². The smallest absolute Gasteiger partial charge is 0.259 e. The number of carbonyl (C=O) groups is 2. The number of anilines is 2. The molecule has 0 saturated carbocycles. The molecule has 31 heavy (non-hydrogen) atoms. The summed E-state index contributed by atoms with van der Waals surface area (Å²) in [7, 11) is 3.00. The number of phenols is 1. The van der Waals surface area contributed by atoms with Gasteiger partial charge in [-0.1, -0.05) is 18.2 Å². The van der Waals surface area contributed by atoms with Crippen molar-refractivity contribution in [2.75, 3.05) is 24.9 Å². The zero-order valence-electron chi connectivity index (χ0n) is 17.1. The molecule has 0 heterocycles. The Kier molecular flexibility index (Phi) is 6.74. The summed E-state index contributed by atoms with van der Waals surface area (Å²) in [5.41, 5.74) is 7.89. The van der Waals surface area contributed by atoms with E-state index in [2.05, 4.69) is 10.6 Å². The minimum atomic E-state index is -0.476. The normalized spacial score (nSPS) is 10.3. The van der Waals surface area contributed by atoms with E-state index in [1.54, 1.807) is 48.5 Å². The Bertz CT molecular complexity index is 1110. The van der Waals surface area contributed by atoms with Gasteiger partial charge in [0.1, 0.15) is 5.75 Å². The number of rotatable bonds is 7. The number of benzene rings is 3. The predicted octanol–water partition coefficient (Wildman–Crippen LogP) is 3.37. The number of hydrogen-bond acceptors (Lipinski definition) is 6. The zero-order valence-corrected chi connectivity index (χ0v) is 17.1. The van der Waals surface area contributed by atoms with E-state index in [0.29, 0.717) is 34.0 Å². The summed E-state index contributed by atoms with van der Waals surface area (Å²) in [6.07, 6.45) is 0. The number of nitrogens with two attached hydrogens (primary N) is 1. The van der Waals surface area contributed by atoms with Crippen LogP contribution in [0.5, 0.6) is 17.2 Å². The number of methoxy groups -OCH3 is 2. The molecule has 2 amide bonds. The second-order valence-corrected chi connectivity index (χ2v) is 6.57. The third-order valence-electron chi connectivity index (χ3n) is 4.63. The zero-order chi connectivity index (χ0) is 22.4. The van der Waals surface area contributed by atoms with Crippen LogP contribution in [-0.2, 0) is 6.54 Å². The Morgan fingerprint density at radius 2 is 1.65 bits per heavy atom. The van der Waals surface area contributed by atoms with Crippen LogP contribution in [-0.4, -0.2) is 31.1 Å². The highest BCUT2D eigenvalue weighted by atomic mass is 16.5. The van der Waals surface area contributed by atoms with Gasteiger partial charge in [0.2, 0.25) is 0 Å². The fourth-order valence-electron chi connectivity index (χ4n) is 2.98. The van der Waals surface area contributed by atoms with Gasteiger partial charge in [0.15, 0.2) is 11.5 Å². The van der Waals surface area contributed by atoms with Gasteiger partial charge in [0.25, 0.3) is 11.8 Å². The van der Waals surface area contributed by atoms with Gasteiger partial charge < -0.3 is 30.9 Å². The van der Waals surface area contributed by atoms with E-state index >= 15 is 0 Å². The number of hydrogen-bond donors (Lipinski definition) is 4. The third kappa shape index (κ3) is 4.93. The van der Waals surface area contributed by atoms with Crippen LogP contribution >= 0.6 is 0 Å². The van der Waals surface area contributed by atoms with Crippen molar-refractivity contribution in [3.05, 3.63) is 77.4 Å². The number of nitrogens with one attached hydrogen (secondary N) is 2. The summed E-state index contributed by atoms with van der Waals surface area (Å²) < 4.78 is 10.4. The minimum absolute atomic E-state index is 0.124. The molecular weight excluding hydrogens is 398 g/mol. The summed E-state index contributed by atoms with van der Waals surface area (Å²) in [5, 5.41) is 15.4. The van der Waals surface area contributed by atoms with Crippen LogP contribution in [0.15, 0.2) is 60.7 Å². The first-order chi connectivity index (χ1) is 15.0. The maximum Gasteiger partial charge on any atom is 0.259 e. The summed E-state index contributed by atoms with van der Waals surface area (Å²) in [6, 6.07) is 16.0. The van der Waals surface area contributed by atoms with Gasteiger partial charge >= 0.3 is 0 Å². The molecule has 0 atom stereocenters. The quantitative estimate of drug-likeness (QED) is 0.464. The van der Waals surface area contributed by atoms with E-state index in [4.69, 9.17) is 15.2 Å². The van der Waals surface area contributed by atoms with Gasteiger partial charge in [-0.25, -0.2) is 0 Å². The molecule has 0 aromatic heterocycles. The first-order valence-electron chi connectivity index (χ1n) is 9.42. The fourth-order valence-corrected chi connectivity index (χ4v) is 2.98. The van der Waals surface area contributed by atoms with E-state index in [0.717, 1.165) is 0 Å². The Labute approximate surface area is 179 Å². The van der Waals surface area contributed by atoms with Crippen LogP contribution in [0, 0.1) is 0 Å². The molecule has 0 aliphatic heterocycles. The topological polar surface area (TPSA) is 123 Å².